The Morgan fingerprint density at radius 2 is 1.83 bits per heavy atom. The van der Waals surface area contributed by atoms with E-state index in [0.717, 1.165) is 31.2 Å². The van der Waals surface area contributed by atoms with Crippen molar-refractivity contribution >= 4 is 11.8 Å². The molecule has 2 amide bonds. The van der Waals surface area contributed by atoms with Gasteiger partial charge in [-0.15, -0.1) is 0 Å². The van der Waals surface area contributed by atoms with E-state index in [1.54, 1.807) is 6.07 Å². The van der Waals surface area contributed by atoms with Crippen molar-refractivity contribution in [3.05, 3.63) is 29.1 Å². The standard InChI is InChI=1S/C13H19N3O2/c1-2-3-4-5-6-9-7-8-10(12(14)17)16-11(9)13(15)18/h7-8H,2-6H2,1H3,(H2,14,17)(H2,15,18). The molecule has 0 aromatic carbocycles. The molecule has 4 N–H and O–H groups in total. The molecule has 0 saturated heterocycles. The number of amides is 2. The van der Waals surface area contributed by atoms with Gasteiger partial charge in [0.05, 0.1) is 0 Å². The fourth-order valence-electron chi connectivity index (χ4n) is 1.78. The Labute approximate surface area is 107 Å². The van der Waals surface area contributed by atoms with E-state index in [2.05, 4.69) is 11.9 Å². The molecule has 18 heavy (non-hydrogen) atoms. The Morgan fingerprint density at radius 1 is 1.11 bits per heavy atom. The van der Waals surface area contributed by atoms with Crippen molar-refractivity contribution in [1.82, 2.24) is 4.98 Å². The van der Waals surface area contributed by atoms with Crippen LogP contribution in [0.1, 0.15) is 59.1 Å². The van der Waals surface area contributed by atoms with Gasteiger partial charge in [0.25, 0.3) is 11.8 Å². The third kappa shape index (κ3) is 3.84. The Hall–Kier alpha value is -1.91. The zero-order valence-electron chi connectivity index (χ0n) is 10.6. The zero-order chi connectivity index (χ0) is 13.5. The van der Waals surface area contributed by atoms with Crippen LogP contribution in [0.25, 0.3) is 0 Å². The van der Waals surface area contributed by atoms with E-state index in [9.17, 15) is 9.59 Å². The van der Waals surface area contributed by atoms with Gasteiger partial charge >= 0.3 is 0 Å². The largest absolute Gasteiger partial charge is 0.364 e. The Morgan fingerprint density at radius 3 is 2.39 bits per heavy atom. The SMILES string of the molecule is CCCCCCc1ccc(C(N)=O)nc1C(N)=O. The maximum Gasteiger partial charge on any atom is 0.267 e. The van der Waals surface area contributed by atoms with E-state index in [-0.39, 0.29) is 11.4 Å². The van der Waals surface area contributed by atoms with Crippen LogP contribution in [-0.2, 0) is 6.42 Å². The van der Waals surface area contributed by atoms with Gasteiger partial charge in [0.1, 0.15) is 11.4 Å². The lowest BCUT2D eigenvalue weighted by Crippen LogP contribution is -2.20. The Kier molecular flexibility index (Phi) is 5.30. The number of hydrogen-bond acceptors (Lipinski definition) is 3. The van der Waals surface area contributed by atoms with Crippen molar-refractivity contribution in [2.45, 2.75) is 39.0 Å². The van der Waals surface area contributed by atoms with E-state index >= 15 is 0 Å². The molecule has 0 spiro atoms. The molecule has 0 atom stereocenters. The van der Waals surface area contributed by atoms with Crippen LogP contribution < -0.4 is 11.5 Å². The minimum atomic E-state index is -0.657. The van der Waals surface area contributed by atoms with Gasteiger partial charge in [0, 0.05) is 0 Å². The van der Waals surface area contributed by atoms with E-state index < -0.39 is 11.8 Å². The van der Waals surface area contributed by atoms with Crippen LogP contribution in [0.5, 0.6) is 0 Å². The summed E-state index contributed by atoms with van der Waals surface area (Å²) < 4.78 is 0. The molecular formula is C13H19N3O2. The van der Waals surface area contributed by atoms with Gasteiger partial charge in [0.15, 0.2) is 0 Å². The van der Waals surface area contributed by atoms with Crippen molar-refractivity contribution in [2.75, 3.05) is 0 Å². The first-order valence-electron chi connectivity index (χ1n) is 6.15. The Bertz CT molecular complexity index is 444. The zero-order valence-corrected chi connectivity index (χ0v) is 10.6. The quantitative estimate of drug-likeness (QED) is 0.714. The molecule has 0 unspecified atom stereocenters. The summed E-state index contributed by atoms with van der Waals surface area (Å²) in [5, 5.41) is 0. The van der Waals surface area contributed by atoms with E-state index in [4.69, 9.17) is 11.5 Å². The lowest BCUT2D eigenvalue weighted by molar-refractivity contribution is 0.0991. The number of aromatic nitrogens is 1. The first kappa shape index (κ1) is 14.2. The summed E-state index contributed by atoms with van der Waals surface area (Å²) in [5.41, 5.74) is 11.4. The van der Waals surface area contributed by atoms with E-state index in [1.807, 2.05) is 0 Å². The molecule has 0 aliphatic heterocycles. The molecule has 0 aliphatic carbocycles. The minimum absolute atomic E-state index is 0.0705. The molecule has 0 aliphatic rings. The predicted molar refractivity (Wildman–Crippen MR) is 69.1 cm³/mol. The maximum atomic E-state index is 11.3. The van der Waals surface area contributed by atoms with Crippen molar-refractivity contribution in [3.8, 4) is 0 Å². The summed E-state index contributed by atoms with van der Waals surface area (Å²) in [4.78, 5) is 26.2. The molecule has 1 rings (SSSR count). The number of nitrogens with two attached hydrogens (primary N) is 2. The second-order valence-corrected chi connectivity index (χ2v) is 4.24. The third-order valence-corrected chi connectivity index (χ3v) is 2.76. The summed E-state index contributed by atoms with van der Waals surface area (Å²) in [6.07, 6.45) is 5.14. The van der Waals surface area contributed by atoms with Crippen molar-refractivity contribution in [2.24, 2.45) is 11.5 Å². The smallest absolute Gasteiger partial charge is 0.267 e. The highest BCUT2D eigenvalue weighted by Gasteiger charge is 2.13. The van der Waals surface area contributed by atoms with Crippen LogP contribution in [0.3, 0.4) is 0 Å². The van der Waals surface area contributed by atoms with Crippen molar-refractivity contribution in [1.29, 1.82) is 0 Å². The highest BCUT2D eigenvalue weighted by Crippen LogP contribution is 2.12. The summed E-state index contributed by atoms with van der Waals surface area (Å²) >= 11 is 0. The number of primary amides is 2. The lowest BCUT2D eigenvalue weighted by atomic mass is 10.0. The molecule has 0 bridgehead atoms. The van der Waals surface area contributed by atoms with Crippen LogP contribution in [-0.4, -0.2) is 16.8 Å². The van der Waals surface area contributed by atoms with Gasteiger partial charge in [-0.3, -0.25) is 9.59 Å². The first-order valence-corrected chi connectivity index (χ1v) is 6.15. The molecule has 98 valence electrons. The number of hydrogen-bond donors (Lipinski definition) is 2. The van der Waals surface area contributed by atoms with E-state index in [0.29, 0.717) is 0 Å². The summed E-state index contributed by atoms with van der Waals surface area (Å²) in [5.74, 6) is -1.28. The number of aryl methyl sites for hydroxylation is 1. The molecule has 0 fully saturated rings. The minimum Gasteiger partial charge on any atom is -0.364 e. The van der Waals surface area contributed by atoms with Crippen molar-refractivity contribution < 1.29 is 9.59 Å². The van der Waals surface area contributed by atoms with Crippen LogP contribution in [0.2, 0.25) is 0 Å². The summed E-state index contributed by atoms with van der Waals surface area (Å²) in [6.45, 7) is 2.14. The van der Waals surface area contributed by atoms with E-state index in [1.165, 1.54) is 12.5 Å². The highest BCUT2D eigenvalue weighted by molar-refractivity contribution is 5.95. The number of unbranched alkanes of at least 4 members (excludes halogenated alkanes) is 3. The van der Waals surface area contributed by atoms with Crippen molar-refractivity contribution in [3.63, 3.8) is 0 Å². The van der Waals surface area contributed by atoms with Crippen LogP contribution >= 0.6 is 0 Å². The average Bonchev–Trinajstić information content (AvgIpc) is 2.34. The molecule has 5 nitrogen and oxygen atoms in total. The van der Waals surface area contributed by atoms with Crippen LogP contribution in [0.15, 0.2) is 12.1 Å². The average molecular weight is 249 g/mol. The molecule has 5 heteroatoms. The number of carbonyl (C=O) groups is 2. The Balaban J connectivity index is 2.83. The molecule has 1 heterocycles. The normalized spacial score (nSPS) is 10.3. The third-order valence-electron chi connectivity index (χ3n) is 2.76. The van der Waals surface area contributed by atoms with Crippen LogP contribution in [0.4, 0.5) is 0 Å². The summed E-state index contributed by atoms with van der Waals surface area (Å²) in [7, 11) is 0. The number of rotatable bonds is 7. The predicted octanol–water partition coefficient (Wildman–Crippen LogP) is 1.40. The highest BCUT2D eigenvalue weighted by atomic mass is 16.1. The molecule has 0 radical (unpaired) electrons. The second-order valence-electron chi connectivity index (χ2n) is 4.24. The fourth-order valence-corrected chi connectivity index (χ4v) is 1.78. The van der Waals surface area contributed by atoms with Gasteiger partial charge in [-0.05, 0) is 24.5 Å². The topological polar surface area (TPSA) is 99.1 Å². The monoisotopic (exact) mass is 249 g/mol. The molecule has 1 aromatic heterocycles. The molecule has 0 saturated carbocycles. The molecular weight excluding hydrogens is 230 g/mol. The van der Waals surface area contributed by atoms with Gasteiger partial charge in [0.2, 0.25) is 0 Å². The number of nitrogens with zero attached hydrogens (tertiary/aromatic N) is 1. The second kappa shape index (κ2) is 6.74. The lowest BCUT2D eigenvalue weighted by Gasteiger charge is -2.07. The van der Waals surface area contributed by atoms with Gasteiger partial charge in [-0.2, -0.15) is 0 Å². The van der Waals surface area contributed by atoms with Crippen LogP contribution in [0, 0.1) is 0 Å². The first-order chi connectivity index (χ1) is 8.56. The van der Waals surface area contributed by atoms with Gasteiger partial charge in [-0.1, -0.05) is 32.3 Å². The fraction of sp³-hybridized carbons (Fsp3) is 0.462. The number of pyridine rings is 1. The van der Waals surface area contributed by atoms with Gasteiger partial charge in [-0.25, -0.2) is 4.98 Å². The molecule has 1 aromatic rings. The maximum absolute atomic E-state index is 11.3. The van der Waals surface area contributed by atoms with Gasteiger partial charge < -0.3 is 11.5 Å². The number of carbonyl (C=O) groups excluding carboxylic acids is 2. The summed E-state index contributed by atoms with van der Waals surface area (Å²) in [6, 6.07) is 3.24.